The SMILES string of the molecule is O=C(Nc1cn[nH]c1[C@H]1CCCN(C(=O)c2cccc(F)c2)C1)c1ccccc1. The van der Waals surface area contributed by atoms with Gasteiger partial charge in [0.1, 0.15) is 5.82 Å². The molecule has 7 heteroatoms. The number of aromatic amines is 1. The Labute approximate surface area is 167 Å². The van der Waals surface area contributed by atoms with E-state index in [4.69, 9.17) is 0 Å². The molecule has 0 bridgehead atoms. The molecule has 0 radical (unpaired) electrons. The minimum atomic E-state index is -0.427. The summed E-state index contributed by atoms with van der Waals surface area (Å²) in [5.41, 5.74) is 2.31. The Morgan fingerprint density at radius 3 is 2.69 bits per heavy atom. The van der Waals surface area contributed by atoms with Gasteiger partial charge in [0, 0.05) is 30.1 Å². The topological polar surface area (TPSA) is 78.1 Å². The van der Waals surface area contributed by atoms with Gasteiger partial charge in [0.15, 0.2) is 0 Å². The highest BCUT2D eigenvalue weighted by atomic mass is 19.1. The molecule has 0 spiro atoms. The predicted molar refractivity (Wildman–Crippen MR) is 107 cm³/mol. The van der Waals surface area contributed by atoms with Crippen LogP contribution in [0.25, 0.3) is 0 Å². The third kappa shape index (κ3) is 4.18. The van der Waals surface area contributed by atoms with Crippen molar-refractivity contribution < 1.29 is 14.0 Å². The first-order chi connectivity index (χ1) is 14.1. The molecule has 29 heavy (non-hydrogen) atoms. The first-order valence-corrected chi connectivity index (χ1v) is 9.56. The summed E-state index contributed by atoms with van der Waals surface area (Å²) >= 11 is 0. The van der Waals surface area contributed by atoms with Crippen LogP contribution >= 0.6 is 0 Å². The molecule has 1 atom stereocenters. The lowest BCUT2D eigenvalue weighted by atomic mass is 9.93. The number of H-pyrrole nitrogens is 1. The molecule has 2 heterocycles. The van der Waals surface area contributed by atoms with Gasteiger partial charge in [0.05, 0.1) is 17.6 Å². The molecule has 1 saturated heterocycles. The highest BCUT2D eigenvalue weighted by molar-refractivity contribution is 6.04. The number of nitrogens with zero attached hydrogens (tertiary/aromatic N) is 2. The third-order valence-electron chi connectivity index (χ3n) is 5.14. The van der Waals surface area contributed by atoms with Crippen molar-refractivity contribution in [2.75, 3.05) is 18.4 Å². The highest BCUT2D eigenvalue weighted by Gasteiger charge is 2.28. The maximum atomic E-state index is 13.5. The third-order valence-corrected chi connectivity index (χ3v) is 5.14. The van der Waals surface area contributed by atoms with Crippen LogP contribution in [0.5, 0.6) is 0 Å². The largest absolute Gasteiger partial charge is 0.338 e. The van der Waals surface area contributed by atoms with Gasteiger partial charge >= 0.3 is 0 Å². The Kier molecular flexibility index (Phi) is 5.37. The van der Waals surface area contributed by atoms with E-state index in [0.29, 0.717) is 29.9 Å². The van der Waals surface area contributed by atoms with Crippen molar-refractivity contribution >= 4 is 17.5 Å². The van der Waals surface area contributed by atoms with Crippen molar-refractivity contribution in [2.24, 2.45) is 0 Å². The first-order valence-electron chi connectivity index (χ1n) is 9.56. The fourth-order valence-corrected chi connectivity index (χ4v) is 3.69. The van der Waals surface area contributed by atoms with Gasteiger partial charge in [-0.3, -0.25) is 14.7 Å². The van der Waals surface area contributed by atoms with E-state index < -0.39 is 5.82 Å². The van der Waals surface area contributed by atoms with Gasteiger partial charge in [-0.05, 0) is 43.2 Å². The van der Waals surface area contributed by atoms with E-state index in [1.807, 2.05) is 18.2 Å². The number of hydrogen-bond donors (Lipinski definition) is 2. The lowest BCUT2D eigenvalue weighted by Gasteiger charge is -2.32. The van der Waals surface area contributed by atoms with Crippen LogP contribution in [0.4, 0.5) is 10.1 Å². The quantitative estimate of drug-likeness (QED) is 0.709. The smallest absolute Gasteiger partial charge is 0.255 e. The van der Waals surface area contributed by atoms with E-state index in [2.05, 4.69) is 15.5 Å². The van der Waals surface area contributed by atoms with E-state index in [0.717, 1.165) is 18.5 Å². The Hall–Kier alpha value is -3.48. The molecule has 6 nitrogen and oxygen atoms in total. The molecule has 0 saturated carbocycles. The summed E-state index contributed by atoms with van der Waals surface area (Å²) in [5, 5.41) is 9.97. The number of halogens is 1. The van der Waals surface area contributed by atoms with Crippen molar-refractivity contribution in [1.29, 1.82) is 0 Å². The van der Waals surface area contributed by atoms with E-state index in [9.17, 15) is 14.0 Å². The number of rotatable bonds is 4. The van der Waals surface area contributed by atoms with Gasteiger partial charge in [-0.25, -0.2) is 4.39 Å². The van der Waals surface area contributed by atoms with Gasteiger partial charge < -0.3 is 10.2 Å². The minimum Gasteiger partial charge on any atom is -0.338 e. The lowest BCUT2D eigenvalue weighted by Crippen LogP contribution is -2.39. The van der Waals surface area contributed by atoms with Crippen LogP contribution in [0.1, 0.15) is 45.2 Å². The summed E-state index contributed by atoms with van der Waals surface area (Å²) in [7, 11) is 0. The zero-order chi connectivity index (χ0) is 20.2. The molecule has 2 aromatic carbocycles. The van der Waals surface area contributed by atoms with Crippen LogP contribution in [0, 0.1) is 5.82 Å². The molecule has 1 aliphatic rings. The number of carbonyl (C=O) groups excluding carboxylic acids is 2. The van der Waals surface area contributed by atoms with Crippen molar-refractivity contribution in [2.45, 2.75) is 18.8 Å². The van der Waals surface area contributed by atoms with Crippen molar-refractivity contribution in [3.8, 4) is 0 Å². The fraction of sp³-hybridized carbons (Fsp3) is 0.227. The number of nitrogens with one attached hydrogen (secondary N) is 2. The van der Waals surface area contributed by atoms with Gasteiger partial charge in [-0.15, -0.1) is 0 Å². The second kappa shape index (κ2) is 8.26. The average molecular weight is 392 g/mol. The summed E-state index contributed by atoms with van der Waals surface area (Å²) < 4.78 is 13.5. The molecular weight excluding hydrogens is 371 g/mol. The molecule has 0 unspecified atom stereocenters. The van der Waals surface area contributed by atoms with Crippen molar-refractivity contribution in [3.05, 3.63) is 83.4 Å². The number of benzene rings is 2. The van der Waals surface area contributed by atoms with Crippen LogP contribution < -0.4 is 5.32 Å². The number of likely N-dealkylation sites (tertiary alicyclic amines) is 1. The average Bonchev–Trinajstić information content (AvgIpc) is 3.22. The summed E-state index contributed by atoms with van der Waals surface area (Å²) in [6.45, 7) is 1.09. The van der Waals surface area contributed by atoms with Gasteiger partial charge in [-0.1, -0.05) is 24.3 Å². The molecule has 1 fully saturated rings. The Bertz CT molecular complexity index is 1020. The van der Waals surface area contributed by atoms with Crippen LogP contribution in [0.3, 0.4) is 0 Å². The summed E-state index contributed by atoms with van der Waals surface area (Å²) in [6, 6.07) is 14.7. The highest BCUT2D eigenvalue weighted by Crippen LogP contribution is 2.31. The summed E-state index contributed by atoms with van der Waals surface area (Å²) in [5.74, 6) is -0.820. The van der Waals surface area contributed by atoms with E-state index in [1.54, 1.807) is 29.3 Å². The number of anilines is 1. The van der Waals surface area contributed by atoms with Crippen LogP contribution in [-0.4, -0.2) is 40.0 Å². The second-order valence-electron chi connectivity index (χ2n) is 7.12. The maximum absolute atomic E-state index is 13.5. The molecule has 3 aromatic rings. The number of piperidine rings is 1. The van der Waals surface area contributed by atoms with Crippen LogP contribution in [0.15, 0.2) is 60.8 Å². The lowest BCUT2D eigenvalue weighted by molar-refractivity contribution is 0.0705. The molecule has 0 aliphatic carbocycles. The zero-order valence-corrected chi connectivity index (χ0v) is 15.8. The van der Waals surface area contributed by atoms with Gasteiger partial charge in [-0.2, -0.15) is 5.10 Å². The van der Waals surface area contributed by atoms with Crippen molar-refractivity contribution in [1.82, 2.24) is 15.1 Å². The number of aromatic nitrogens is 2. The molecule has 1 aromatic heterocycles. The number of amides is 2. The monoisotopic (exact) mass is 392 g/mol. The van der Waals surface area contributed by atoms with Gasteiger partial charge in [0.25, 0.3) is 11.8 Å². The summed E-state index contributed by atoms with van der Waals surface area (Å²) in [6.07, 6.45) is 3.27. The fourth-order valence-electron chi connectivity index (χ4n) is 3.69. The van der Waals surface area contributed by atoms with E-state index in [1.165, 1.54) is 18.2 Å². The van der Waals surface area contributed by atoms with E-state index >= 15 is 0 Å². The number of hydrogen-bond acceptors (Lipinski definition) is 3. The van der Waals surface area contributed by atoms with Crippen LogP contribution in [-0.2, 0) is 0 Å². The maximum Gasteiger partial charge on any atom is 0.255 e. The Morgan fingerprint density at radius 2 is 1.90 bits per heavy atom. The Morgan fingerprint density at radius 1 is 1.10 bits per heavy atom. The molecule has 1 aliphatic heterocycles. The predicted octanol–water partition coefficient (Wildman–Crippen LogP) is 3.82. The molecule has 148 valence electrons. The van der Waals surface area contributed by atoms with Crippen LogP contribution in [0.2, 0.25) is 0 Å². The minimum absolute atomic E-state index is 0.00910. The molecule has 2 amide bonds. The second-order valence-corrected chi connectivity index (χ2v) is 7.12. The van der Waals surface area contributed by atoms with Gasteiger partial charge in [0.2, 0.25) is 0 Å². The van der Waals surface area contributed by atoms with E-state index in [-0.39, 0.29) is 17.7 Å². The Balaban J connectivity index is 1.49. The zero-order valence-electron chi connectivity index (χ0n) is 15.8. The molecule has 2 N–H and O–H groups in total. The first kappa shape index (κ1) is 18.9. The standard InChI is InChI=1S/C22H21FN4O2/c23-18-10-4-8-16(12-18)22(29)27-11-5-9-17(14-27)20-19(13-24-26-20)25-21(28)15-6-2-1-3-7-15/h1-4,6-8,10,12-13,17H,5,9,11,14H2,(H,24,26)(H,25,28)/t17-/m0/s1. The molecular formula is C22H21FN4O2. The number of carbonyl (C=O) groups is 2. The van der Waals surface area contributed by atoms with Crippen molar-refractivity contribution in [3.63, 3.8) is 0 Å². The molecule has 4 rings (SSSR count). The normalized spacial score (nSPS) is 16.4. The summed E-state index contributed by atoms with van der Waals surface area (Å²) in [4.78, 5) is 27.0.